The van der Waals surface area contributed by atoms with Gasteiger partial charge in [-0.3, -0.25) is 0 Å². The topological polar surface area (TPSA) is 12.5 Å². The predicted molar refractivity (Wildman–Crippen MR) is 139 cm³/mol. The first-order valence-corrected chi connectivity index (χ1v) is 13.5. The van der Waals surface area contributed by atoms with E-state index in [0.29, 0.717) is 16.2 Å². The molecule has 0 spiro atoms. The largest absolute Gasteiger partial charge is 0.381 e. The summed E-state index contributed by atoms with van der Waals surface area (Å²) in [5.41, 5.74) is 1.59. The maximum Gasteiger partial charge on any atom is 0.0468 e. The van der Waals surface area contributed by atoms with Crippen LogP contribution in [0.2, 0.25) is 0 Å². The second kappa shape index (κ2) is 13.0. The van der Waals surface area contributed by atoms with Crippen LogP contribution in [0.5, 0.6) is 0 Å². The van der Waals surface area contributed by atoms with Crippen molar-refractivity contribution in [1.29, 1.82) is 0 Å². The van der Waals surface area contributed by atoms with Gasteiger partial charge in [0.25, 0.3) is 0 Å². The number of rotatable bonds is 0. The molecule has 0 aromatic carbocycles. The molecule has 1 saturated carbocycles. The molecule has 186 valence electrons. The lowest BCUT2D eigenvalue weighted by Crippen LogP contribution is -2.35. The van der Waals surface area contributed by atoms with Crippen LogP contribution in [0.1, 0.15) is 120 Å². The molecular weight excluding hydrogens is 378 g/mol. The second-order valence-electron chi connectivity index (χ2n) is 13.9. The van der Waals surface area contributed by atoms with Crippen molar-refractivity contribution in [3.05, 3.63) is 0 Å². The van der Waals surface area contributed by atoms with Gasteiger partial charge in [0.05, 0.1) is 0 Å². The van der Waals surface area contributed by atoms with Crippen LogP contribution in [0.15, 0.2) is 0 Å². The Morgan fingerprint density at radius 3 is 1.19 bits per heavy atom. The van der Waals surface area contributed by atoms with Gasteiger partial charge < -0.3 is 9.64 Å². The van der Waals surface area contributed by atoms with Crippen molar-refractivity contribution in [2.75, 3.05) is 33.4 Å². The van der Waals surface area contributed by atoms with Crippen molar-refractivity contribution < 1.29 is 4.74 Å². The molecule has 31 heavy (non-hydrogen) atoms. The van der Waals surface area contributed by atoms with Gasteiger partial charge in [-0.2, -0.15) is 0 Å². The average Bonchev–Trinajstić information content (AvgIpc) is 2.69. The summed E-state index contributed by atoms with van der Waals surface area (Å²) in [5.74, 6) is 2.82. The van der Waals surface area contributed by atoms with E-state index in [9.17, 15) is 0 Å². The van der Waals surface area contributed by atoms with Crippen LogP contribution < -0.4 is 0 Å². The Kier molecular flexibility index (Phi) is 12.1. The third kappa shape index (κ3) is 12.1. The van der Waals surface area contributed by atoms with Gasteiger partial charge in [-0.1, -0.05) is 81.6 Å². The van der Waals surface area contributed by atoms with Crippen molar-refractivity contribution >= 4 is 0 Å². The third-order valence-corrected chi connectivity index (χ3v) is 8.22. The van der Waals surface area contributed by atoms with Gasteiger partial charge >= 0.3 is 0 Å². The van der Waals surface area contributed by atoms with Crippen LogP contribution in [0.25, 0.3) is 0 Å². The van der Waals surface area contributed by atoms with Crippen LogP contribution in [-0.4, -0.2) is 38.3 Å². The van der Waals surface area contributed by atoms with Crippen molar-refractivity contribution in [2.45, 2.75) is 120 Å². The lowest BCUT2D eigenvalue weighted by molar-refractivity contribution is 0.0286. The van der Waals surface area contributed by atoms with E-state index in [1.54, 1.807) is 0 Å². The molecule has 2 aliphatic heterocycles. The summed E-state index contributed by atoms with van der Waals surface area (Å²) >= 11 is 0. The van der Waals surface area contributed by atoms with Crippen LogP contribution >= 0.6 is 0 Å². The van der Waals surface area contributed by atoms with Crippen molar-refractivity contribution in [3.63, 3.8) is 0 Å². The van der Waals surface area contributed by atoms with E-state index in [-0.39, 0.29) is 0 Å². The average molecular weight is 438 g/mol. The van der Waals surface area contributed by atoms with E-state index in [1.165, 1.54) is 70.9 Å². The SMILES string of the molecule is CC(C)(C)C1CCCCC1.CC(C)(C)C1CCOCC1.CN1CCC(C(C)(C)C)CC1. The molecule has 3 aliphatic rings. The minimum atomic E-state index is 0.490. The van der Waals surface area contributed by atoms with Crippen LogP contribution in [0.4, 0.5) is 0 Å². The fourth-order valence-electron chi connectivity index (χ4n) is 5.41. The summed E-state index contributed by atoms with van der Waals surface area (Å²) in [7, 11) is 2.22. The molecule has 0 atom stereocenters. The van der Waals surface area contributed by atoms with Gasteiger partial charge in [0.1, 0.15) is 0 Å². The maximum absolute atomic E-state index is 5.29. The third-order valence-electron chi connectivity index (χ3n) is 8.22. The van der Waals surface area contributed by atoms with Crippen LogP contribution in [0.3, 0.4) is 0 Å². The standard InChI is InChI=1S/C10H21N.C10H20.C9H18O/c1-10(2,3)9-5-7-11(4)8-6-9;1-10(2,3)9-7-5-4-6-8-9;1-9(2,3)8-4-6-10-7-5-8/h9H,5-8H2,1-4H3;9H,4-8H2,1-3H3;8H,4-7H2,1-3H3. The van der Waals surface area contributed by atoms with E-state index in [1.807, 2.05) is 0 Å². The van der Waals surface area contributed by atoms with Gasteiger partial charge in [0, 0.05) is 13.2 Å². The zero-order chi connectivity index (χ0) is 23.7. The molecule has 0 N–H and O–H groups in total. The van der Waals surface area contributed by atoms with Crippen molar-refractivity contribution in [2.24, 2.45) is 34.0 Å². The first kappa shape index (κ1) is 29.0. The Hall–Kier alpha value is -0.0800. The predicted octanol–water partition coefficient (Wildman–Crippen LogP) is 8.45. The van der Waals surface area contributed by atoms with E-state index >= 15 is 0 Å². The molecule has 0 radical (unpaired) electrons. The Balaban J connectivity index is 0.000000233. The number of nitrogens with zero attached hydrogens (tertiary/aromatic N) is 1. The number of likely N-dealkylation sites (tertiary alicyclic amines) is 1. The Labute approximate surface area is 197 Å². The summed E-state index contributed by atoms with van der Waals surface area (Å²) in [5, 5.41) is 0. The Morgan fingerprint density at radius 1 is 0.516 bits per heavy atom. The van der Waals surface area contributed by atoms with Gasteiger partial charge in [-0.15, -0.1) is 0 Å². The van der Waals surface area contributed by atoms with Crippen molar-refractivity contribution in [1.82, 2.24) is 4.90 Å². The smallest absolute Gasteiger partial charge is 0.0468 e. The molecule has 2 saturated heterocycles. The molecule has 3 fully saturated rings. The van der Waals surface area contributed by atoms with Gasteiger partial charge in [0.15, 0.2) is 0 Å². The highest BCUT2D eigenvalue weighted by atomic mass is 16.5. The fourth-order valence-corrected chi connectivity index (χ4v) is 5.41. The molecule has 0 aromatic heterocycles. The van der Waals surface area contributed by atoms with E-state index in [0.717, 1.165) is 31.0 Å². The molecule has 0 aromatic rings. The number of hydrogen-bond donors (Lipinski definition) is 0. The first-order chi connectivity index (χ1) is 14.2. The molecule has 2 heterocycles. The fraction of sp³-hybridized carbons (Fsp3) is 1.00. The highest BCUT2D eigenvalue weighted by Gasteiger charge is 2.28. The van der Waals surface area contributed by atoms with Gasteiger partial charge in [0.2, 0.25) is 0 Å². The van der Waals surface area contributed by atoms with Gasteiger partial charge in [-0.05, 0) is 92.7 Å². The molecule has 0 amide bonds. The van der Waals surface area contributed by atoms with E-state index in [4.69, 9.17) is 4.74 Å². The van der Waals surface area contributed by atoms with E-state index < -0.39 is 0 Å². The zero-order valence-corrected chi connectivity index (χ0v) is 23.3. The highest BCUT2D eigenvalue weighted by molar-refractivity contribution is 4.79. The minimum absolute atomic E-state index is 0.490. The Morgan fingerprint density at radius 2 is 0.871 bits per heavy atom. The lowest BCUT2D eigenvalue weighted by atomic mass is 9.72. The molecule has 0 bridgehead atoms. The summed E-state index contributed by atoms with van der Waals surface area (Å²) in [6.07, 6.45) is 12.7. The maximum atomic E-state index is 5.29. The van der Waals surface area contributed by atoms with Crippen LogP contribution in [0, 0.1) is 34.0 Å². The highest BCUT2D eigenvalue weighted by Crippen LogP contribution is 2.37. The monoisotopic (exact) mass is 437 g/mol. The van der Waals surface area contributed by atoms with Crippen molar-refractivity contribution in [3.8, 4) is 0 Å². The molecular formula is C29H59NO. The summed E-state index contributed by atoms with van der Waals surface area (Å²) in [6, 6.07) is 0. The molecule has 2 nitrogen and oxygen atoms in total. The molecule has 2 heteroatoms. The first-order valence-electron chi connectivity index (χ1n) is 13.5. The second-order valence-corrected chi connectivity index (χ2v) is 13.9. The summed E-state index contributed by atoms with van der Waals surface area (Å²) < 4.78 is 5.29. The number of ether oxygens (including phenoxy) is 1. The summed E-state index contributed by atoms with van der Waals surface area (Å²) in [6.45, 7) is 25.7. The van der Waals surface area contributed by atoms with E-state index in [2.05, 4.69) is 74.3 Å². The quantitative estimate of drug-likeness (QED) is 0.377. The number of hydrogen-bond acceptors (Lipinski definition) is 2. The summed E-state index contributed by atoms with van der Waals surface area (Å²) in [4.78, 5) is 2.43. The van der Waals surface area contributed by atoms with Crippen LogP contribution in [-0.2, 0) is 4.74 Å². The Bertz CT molecular complexity index is 417. The minimum Gasteiger partial charge on any atom is -0.381 e. The molecule has 3 rings (SSSR count). The lowest BCUT2D eigenvalue weighted by Gasteiger charge is -2.37. The normalized spacial score (nSPS) is 23.4. The molecule has 1 aliphatic carbocycles. The molecule has 0 unspecified atom stereocenters. The zero-order valence-electron chi connectivity index (χ0n) is 23.3. The van der Waals surface area contributed by atoms with Gasteiger partial charge in [-0.25, -0.2) is 0 Å². The number of piperidine rings is 1.